The Bertz CT molecular complexity index is 1470. The summed E-state index contributed by atoms with van der Waals surface area (Å²) in [4.78, 5) is 16.6. The van der Waals surface area contributed by atoms with Crippen LogP contribution < -0.4 is 0 Å². The minimum Gasteiger partial charge on any atom is -0.465 e. The molecule has 0 saturated heterocycles. The first-order chi connectivity index (χ1) is 16.7. The maximum absolute atomic E-state index is 11.9. The Morgan fingerprint density at radius 2 is 1.59 bits per heavy atom. The van der Waals surface area contributed by atoms with Crippen LogP contribution in [0.2, 0.25) is 0 Å². The van der Waals surface area contributed by atoms with E-state index in [-0.39, 0.29) is 5.97 Å². The predicted octanol–water partition coefficient (Wildman–Crippen LogP) is 6.89. The lowest BCUT2D eigenvalue weighted by Crippen LogP contribution is -2.03. The van der Waals surface area contributed by atoms with E-state index in [0.717, 1.165) is 27.7 Å². The summed E-state index contributed by atoms with van der Waals surface area (Å²) in [5.74, 6) is -0.328. The van der Waals surface area contributed by atoms with Gasteiger partial charge in [-0.15, -0.1) is 0 Å². The average molecular weight is 445 g/mol. The van der Waals surface area contributed by atoms with Gasteiger partial charge in [-0.3, -0.25) is 4.99 Å². The standard InChI is InChI=1S/C30H24N2O2/c1-34-30(33)25-11-7-8-22(18-25)20-32-21-26(28-12-5-6-13-29(28)32)19-31-27-16-14-24(15-17-27)23-9-3-2-4-10-23/h2-19,21H,20H2,1H3. The summed E-state index contributed by atoms with van der Waals surface area (Å²) in [6.45, 7) is 0.644. The number of benzene rings is 4. The van der Waals surface area contributed by atoms with Gasteiger partial charge in [0.15, 0.2) is 0 Å². The summed E-state index contributed by atoms with van der Waals surface area (Å²) >= 11 is 0. The number of aromatic nitrogens is 1. The minimum absolute atomic E-state index is 0.328. The molecule has 5 rings (SSSR count). The number of carbonyl (C=O) groups is 1. The maximum Gasteiger partial charge on any atom is 0.337 e. The number of nitrogens with zero attached hydrogens (tertiary/aromatic N) is 2. The van der Waals surface area contributed by atoms with Crippen molar-refractivity contribution < 1.29 is 9.53 Å². The number of hydrogen-bond donors (Lipinski definition) is 0. The van der Waals surface area contributed by atoms with E-state index in [1.54, 1.807) is 6.07 Å². The molecule has 34 heavy (non-hydrogen) atoms. The Balaban J connectivity index is 1.42. The van der Waals surface area contributed by atoms with Gasteiger partial charge in [-0.05, 0) is 47.0 Å². The zero-order chi connectivity index (χ0) is 23.3. The first kappa shape index (κ1) is 21.4. The number of fused-ring (bicyclic) bond motifs is 1. The third kappa shape index (κ3) is 4.52. The fraction of sp³-hybridized carbons (Fsp3) is 0.0667. The Hall–Kier alpha value is -4.44. The third-order valence-corrected chi connectivity index (χ3v) is 5.85. The van der Waals surface area contributed by atoms with E-state index in [9.17, 15) is 4.79 Å². The summed E-state index contributed by atoms with van der Waals surface area (Å²) in [7, 11) is 1.40. The van der Waals surface area contributed by atoms with Crippen molar-refractivity contribution in [3.8, 4) is 11.1 Å². The molecule has 4 aromatic carbocycles. The van der Waals surface area contributed by atoms with Crippen molar-refractivity contribution in [3.63, 3.8) is 0 Å². The summed E-state index contributed by atoms with van der Waals surface area (Å²) in [6.07, 6.45) is 4.03. The second kappa shape index (κ2) is 9.59. The molecule has 0 atom stereocenters. The molecular formula is C30H24N2O2. The van der Waals surface area contributed by atoms with E-state index in [2.05, 4.69) is 47.2 Å². The molecule has 0 saturated carbocycles. The zero-order valence-corrected chi connectivity index (χ0v) is 18.9. The lowest BCUT2D eigenvalue weighted by atomic mass is 10.1. The molecule has 0 radical (unpaired) electrons. The highest BCUT2D eigenvalue weighted by atomic mass is 16.5. The van der Waals surface area contributed by atoms with Crippen molar-refractivity contribution in [1.29, 1.82) is 0 Å². The van der Waals surface area contributed by atoms with Crippen LogP contribution in [0.1, 0.15) is 21.5 Å². The summed E-state index contributed by atoms with van der Waals surface area (Å²) in [5.41, 5.74) is 7.02. The highest BCUT2D eigenvalue weighted by Gasteiger charge is 2.10. The van der Waals surface area contributed by atoms with Gasteiger partial charge in [0.1, 0.15) is 0 Å². The van der Waals surface area contributed by atoms with Crippen molar-refractivity contribution in [3.05, 3.63) is 126 Å². The van der Waals surface area contributed by atoms with Crippen LogP contribution in [-0.2, 0) is 11.3 Å². The van der Waals surface area contributed by atoms with Crippen molar-refractivity contribution in [2.75, 3.05) is 7.11 Å². The van der Waals surface area contributed by atoms with Gasteiger partial charge in [0.25, 0.3) is 0 Å². The van der Waals surface area contributed by atoms with Crippen molar-refractivity contribution in [2.24, 2.45) is 4.99 Å². The second-order valence-electron chi connectivity index (χ2n) is 8.09. The van der Waals surface area contributed by atoms with Crippen LogP contribution in [0.5, 0.6) is 0 Å². The topological polar surface area (TPSA) is 43.6 Å². The number of esters is 1. The normalized spacial score (nSPS) is 11.2. The van der Waals surface area contributed by atoms with E-state index in [4.69, 9.17) is 9.73 Å². The number of ether oxygens (including phenoxy) is 1. The molecule has 0 spiro atoms. The first-order valence-corrected chi connectivity index (χ1v) is 11.2. The molecule has 5 aromatic rings. The van der Waals surface area contributed by atoms with Crippen LogP contribution in [0.15, 0.2) is 114 Å². The number of aliphatic imine (C=N–C) groups is 1. The largest absolute Gasteiger partial charge is 0.465 e. The summed E-state index contributed by atoms with van der Waals surface area (Å²) in [5, 5.41) is 1.14. The predicted molar refractivity (Wildman–Crippen MR) is 138 cm³/mol. The van der Waals surface area contributed by atoms with Gasteiger partial charge in [-0.2, -0.15) is 0 Å². The van der Waals surface area contributed by atoms with Crippen LogP contribution >= 0.6 is 0 Å². The van der Waals surface area contributed by atoms with Crippen molar-refractivity contribution >= 4 is 28.8 Å². The first-order valence-electron chi connectivity index (χ1n) is 11.2. The van der Waals surface area contributed by atoms with Crippen LogP contribution in [0.3, 0.4) is 0 Å². The molecule has 0 N–H and O–H groups in total. The van der Waals surface area contributed by atoms with Crippen LogP contribution in [0.25, 0.3) is 22.0 Å². The van der Waals surface area contributed by atoms with E-state index >= 15 is 0 Å². The van der Waals surface area contributed by atoms with E-state index < -0.39 is 0 Å². The molecule has 166 valence electrons. The maximum atomic E-state index is 11.9. The van der Waals surface area contributed by atoms with Crippen molar-refractivity contribution in [1.82, 2.24) is 4.57 Å². The molecular weight excluding hydrogens is 420 g/mol. The number of methoxy groups -OCH3 is 1. The SMILES string of the molecule is COC(=O)c1cccc(Cn2cc(C=Nc3ccc(-c4ccccc4)cc3)c3ccccc32)c1. The second-order valence-corrected chi connectivity index (χ2v) is 8.09. The van der Waals surface area contributed by atoms with Gasteiger partial charge in [0.05, 0.1) is 18.4 Å². The number of rotatable bonds is 6. The molecule has 1 aromatic heterocycles. The Labute approximate surface area is 198 Å². The average Bonchev–Trinajstić information content (AvgIpc) is 3.25. The smallest absolute Gasteiger partial charge is 0.337 e. The molecule has 0 aliphatic carbocycles. The molecule has 4 heteroatoms. The van der Waals surface area contributed by atoms with Gasteiger partial charge in [-0.1, -0.05) is 72.8 Å². The van der Waals surface area contributed by atoms with E-state index in [1.807, 2.05) is 66.9 Å². The quantitative estimate of drug-likeness (QED) is 0.211. The third-order valence-electron chi connectivity index (χ3n) is 5.85. The molecule has 4 nitrogen and oxygen atoms in total. The lowest BCUT2D eigenvalue weighted by Gasteiger charge is -2.07. The van der Waals surface area contributed by atoms with Gasteiger partial charge < -0.3 is 9.30 Å². The monoisotopic (exact) mass is 444 g/mol. The molecule has 0 bridgehead atoms. The zero-order valence-electron chi connectivity index (χ0n) is 18.9. The van der Waals surface area contributed by atoms with Crippen LogP contribution in [0.4, 0.5) is 5.69 Å². The number of carbonyl (C=O) groups excluding carboxylic acids is 1. The molecule has 1 heterocycles. The highest BCUT2D eigenvalue weighted by Crippen LogP contribution is 2.25. The van der Waals surface area contributed by atoms with Gasteiger partial charge in [-0.25, -0.2) is 4.79 Å². The molecule has 0 amide bonds. The molecule has 0 unspecified atom stereocenters. The van der Waals surface area contributed by atoms with Crippen LogP contribution in [0, 0.1) is 0 Å². The van der Waals surface area contributed by atoms with Crippen LogP contribution in [-0.4, -0.2) is 23.9 Å². The van der Waals surface area contributed by atoms with Gasteiger partial charge in [0.2, 0.25) is 0 Å². The molecule has 0 fully saturated rings. The van der Waals surface area contributed by atoms with E-state index in [0.29, 0.717) is 12.1 Å². The number of para-hydroxylation sites is 1. The summed E-state index contributed by atoms with van der Waals surface area (Å²) < 4.78 is 7.05. The molecule has 0 aliphatic rings. The minimum atomic E-state index is -0.328. The highest BCUT2D eigenvalue weighted by molar-refractivity contribution is 6.00. The Morgan fingerprint density at radius 1 is 0.853 bits per heavy atom. The Kier molecular flexibility index (Phi) is 6.04. The van der Waals surface area contributed by atoms with Gasteiger partial charge in [0, 0.05) is 35.4 Å². The fourth-order valence-electron chi connectivity index (χ4n) is 4.13. The fourth-order valence-corrected chi connectivity index (χ4v) is 4.13. The Morgan fingerprint density at radius 3 is 2.38 bits per heavy atom. The lowest BCUT2D eigenvalue weighted by molar-refractivity contribution is 0.0600. The van der Waals surface area contributed by atoms with Gasteiger partial charge >= 0.3 is 5.97 Å². The van der Waals surface area contributed by atoms with E-state index in [1.165, 1.54) is 18.2 Å². The van der Waals surface area contributed by atoms with Crippen molar-refractivity contribution in [2.45, 2.75) is 6.54 Å². The summed E-state index contributed by atoms with van der Waals surface area (Å²) in [6, 6.07) is 34.4. The molecule has 0 aliphatic heterocycles. The number of hydrogen-bond acceptors (Lipinski definition) is 3.